The number of aromatic nitrogens is 2. The van der Waals surface area contributed by atoms with Gasteiger partial charge in [-0.2, -0.15) is 5.10 Å². The van der Waals surface area contributed by atoms with E-state index in [2.05, 4.69) is 26.3 Å². The number of anilines is 1. The van der Waals surface area contributed by atoms with Gasteiger partial charge in [0.05, 0.1) is 17.5 Å². The van der Waals surface area contributed by atoms with E-state index < -0.39 is 5.60 Å². The maximum absolute atomic E-state index is 11.9. The van der Waals surface area contributed by atoms with E-state index in [1.165, 1.54) is 4.68 Å². The summed E-state index contributed by atoms with van der Waals surface area (Å²) in [6.07, 6.45) is 1.58. The number of halogens is 1. The molecule has 0 radical (unpaired) electrons. The molecule has 0 fully saturated rings. The molecule has 7 heteroatoms. The van der Waals surface area contributed by atoms with E-state index in [4.69, 9.17) is 0 Å². The summed E-state index contributed by atoms with van der Waals surface area (Å²) in [4.78, 5) is 13.8. The fourth-order valence-corrected chi connectivity index (χ4v) is 2.28. The summed E-state index contributed by atoms with van der Waals surface area (Å²) in [6, 6.07) is 0. The first kappa shape index (κ1) is 16.1. The molecule has 6 nitrogen and oxygen atoms in total. The lowest BCUT2D eigenvalue weighted by Gasteiger charge is -2.27. The van der Waals surface area contributed by atoms with Gasteiger partial charge in [-0.1, -0.05) is 0 Å². The molecule has 0 saturated carbocycles. The van der Waals surface area contributed by atoms with Gasteiger partial charge < -0.3 is 15.3 Å². The first-order chi connectivity index (χ1) is 8.76. The topological polar surface area (TPSA) is 70.4 Å². The number of nitrogens with zero attached hydrogens (tertiary/aromatic N) is 3. The molecule has 0 spiro atoms. The first-order valence-corrected chi connectivity index (χ1v) is 6.92. The Bertz CT molecular complexity index is 485. The lowest BCUT2D eigenvalue weighted by Crippen LogP contribution is -2.43. The molecule has 1 atom stereocenters. The Labute approximate surface area is 121 Å². The van der Waals surface area contributed by atoms with Crippen LogP contribution in [-0.2, 0) is 6.54 Å². The summed E-state index contributed by atoms with van der Waals surface area (Å²) in [6.45, 7) is 4.98. The summed E-state index contributed by atoms with van der Waals surface area (Å²) >= 11 is 3.26. The number of rotatable bonds is 6. The Balaban J connectivity index is 2.79. The third-order valence-corrected chi connectivity index (χ3v) is 3.37. The lowest BCUT2D eigenvalue weighted by molar-refractivity contribution is 0.0459. The maximum Gasteiger partial charge on any atom is 0.283 e. The summed E-state index contributed by atoms with van der Waals surface area (Å²) in [5.41, 5.74) is -0.476. The van der Waals surface area contributed by atoms with E-state index in [9.17, 15) is 9.90 Å². The minimum Gasteiger partial charge on any atom is -0.387 e. The average Bonchev–Trinajstić information content (AvgIpc) is 2.29. The molecule has 1 rings (SSSR count). The van der Waals surface area contributed by atoms with E-state index in [1.54, 1.807) is 13.1 Å². The molecule has 0 amide bonds. The largest absolute Gasteiger partial charge is 0.387 e. The highest BCUT2D eigenvalue weighted by Gasteiger charge is 2.21. The molecule has 0 aliphatic carbocycles. The summed E-state index contributed by atoms with van der Waals surface area (Å²) in [5, 5.41) is 17.3. The van der Waals surface area contributed by atoms with Gasteiger partial charge in [0.2, 0.25) is 0 Å². The zero-order valence-electron chi connectivity index (χ0n) is 11.8. The van der Waals surface area contributed by atoms with Crippen LogP contribution < -0.4 is 10.9 Å². The molecule has 1 aromatic rings. The standard InChI is InChI=1S/C12H21BrN4O2/c1-5-17-11(18)10(13)9(6-15-17)14-7-12(2,19)8-16(3)4/h6,14,19H,5,7-8H2,1-4H3. The first-order valence-electron chi connectivity index (χ1n) is 6.13. The van der Waals surface area contributed by atoms with Crippen LogP contribution in [0.3, 0.4) is 0 Å². The van der Waals surface area contributed by atoms with Crippen LogP contribution in [0.1, 0.15) is 13.8 Å². The van der Waals surface area contributed by atoms with E-state index in [-0.39, 0.29) is 5.56 Å². The smallest absolute Gasteiger partial charge is 0.283 e. The zero-order valence-corrected chi connectivity index (χ0v) is 13.4. The van der Waals surface area contributed by atoms with Crippen LogP contribution in [0.25, 0.3) is 0 Å². The SMILES string of the molecule is CCn1ncc(NCC(C)(O)CN(C)C)c(Br)c1=O. The second-order valence-corrected chi connectivity index (χ2v) is 5.87. The van der Waals surface area contributed by atoms with Crippen molar-refractivity contribution in [2.24, 2.45) is 0 Å². The lowest BCUT2D eigenvalue weighted by atomic mass is 10.1. The van der Waals surface area contributed by atoms with Crippen molar-refractivity contribution in [3.8, 4) is 0 Å². The average molecular weight is 333 g/mol. The number of nitrogens with one attached hydrogen (secondary N) is 1. The Kier molecular flexibility index (Phi) is 5.51. The molecular weight excluding hydrogens is 312 g/mol. The number of aryl methyl sites for hydroxylation is 1. The summed E-state index contributed by atoms with van der Waals surface area (Å²) in [5.74, 6) is 0. The van der Waals surface area contributed by atoms with Crippen molar-refractivity contribution >= 4 is 21.6 Å². The van der Waals surface area contributed by atoms with Crippen LogP contribution in [0.4, 0.5) is 5.69 Å². The highest BCUT2D eigenvalue weighted by molar-refractivity contribution is 9.10. The molecule has 108 valence electrons. The van der Waals surface area contributed by atoms with Gasteiger partial charge in [-0.25, -0.2) is 4.68 Å². The van der Waals surface area contributed by atoms with Crippen LogP contribution in [0.15, 0.2) is 15.5 Å². The molecule has 1 heterocycles. The van der Waals surface area contributed by atoms with Gasteiger partial charge in [-0.05, 0) is 43.9 Å². The quantitative estimate of drug-likeness (QED) is 0.804. The van der Waals surface area contributed by atoms with Gasteiger partial charge in [0.1, 0.15) is 4.47 Å². The van der Waals surface area contributed by atoms with Crippen LogP contribution in [0, 0.1) is 0 Å². The number of hydrogen-bond acceptors (Lipinski definition) is 5. The number of likely N-dealkylation sites (N-methyl/N-ethyl adjacent to an activating group) is 1. The van der Waals surface area contributed by atoms with Crippen molar-refractivity contribution in [2.45, 2.75) is 26.0 Å². The predicted octanol–water partition coefficient (Wildman–Crippen LogP) is 0.750. The van der Waals surface area contributed by atoms with E-state index in [0.29, 0.717) is 29.8 Å². The van der Waals surface area contributed by atoms with Gasteiger partial charge in [0, 0.05) is 19.6 Å². The van der Waals surface area contributed by atoms with Crippen molar-refractivity contribution in [1.82, 2.24) is 14.7 Å². The van der Waals surface area contributed by atoms with Crippen molar-refractivity contribution in [1.29, 1.82) is 0 Å². The Morgan fingerprint density at radius 1 is 1.58 bits per heavy atom. The molecule has 0 aromatic carbocycles. The highest BCUT2D eigenvalue weighted by Crippen LogP contribution is 2.17. The molecule has 1 unspecified atom stereocenters. The Morgan fingerprint density at radius 3 is 2.74 bits per heavy atom. The van der Waals surface area contributed by atoms with Crippen molar-refractivity contribution in [3.63, 3.8) is 0 Å². The van der Waals surface area contributed by atoms with E-state index >= 15 is 0 Å². The third-order valence-electron chi connectivity index (χ3n) is 2.60. The monoisotopic (exact) mass is 332 g/mol. The van der Waals surface area contributed by atoms with Gasteiger partial charge in [0.25, 0.3) is 5.56 Å². The van der Waals surface area contributed by atoms with Gasteiger partial charge in [0.15, 0.2) is 0 Å². The van der Waals surface area contributed by atoms with Crippen molar-refractivity contribution < 1.29 is 5.11 Å². The van der Waals surface area contributed by atoms with Crippen LogP contribution in [0.2, 0.25) is 0 Å². The van der Waals surface area contributed by atoms with E-state index in [0.717, 1.165) is 0 Å². The Morgan fingerprint density at radius 2 is 2.21 bits per heavy atom. The van der Waals surface area contributed by atoms with Gasteiger partial charge in [-0.3, -0.25) is 4.79 Å². The van der Waals surface area contributed by atoms with Crippen LogP contribution in [-0.4, -0.2) is 52.6 Å². The van der Waals surface area contributed by atoms with Crippen LogP contribution >= 0.6 is 15.9 Å². The van der Waals surface area contributed by atoms with E-state index in [1.807, 2.05) is 25.9 Å². The molecule has 0 bridgehead atoms. The fraction of sp³-hybridized carbons (Fsp3) is 0.667. The minimum atomic E-state index is -0.886. The zero-order chi connectivity index (χ0) is 14.6. The summed E-state index contributed by atoms with van der Waals surface area (Å²) in [7, 11) is 3.79. The normalized spacial score (nSPS) is 14.5. The molecule has 1 aromatic heterocycles. The summed E-state index contributed by atoms with van der Waals surface area (Å²) < 4.78 is 1.80. The highest BCUT2D eigenvalue weighted by atomic mass is 79.9. The van der Waals surface area contributed by atoms with Gasteiger partial charge >= 0.3 is 0 Å². The Hall–Kier alpha value is -0.920. The van der Waals surface area contributed by atoms with Crippen molar-refractivity contribution in [2.75, 3.05) is 32.5 Å². The molecule has 0 saturated heterocycles. The van der Waals surface area contributed by atoms with Crippen molar-refractivity contribution in [3.05, 3.63) is 21.0 Å². The second-order valence-electron chi connectivity index (χ2n) is 5.08. The molecule has 2 N–H and O–H groups in total. The van der Waals surface area contributed by atoms with Gasteiger partial charge in [-0.15, -0.1) is 0 Å². The molecular formula is C12H21BrN4O2. The molecule has 0 aliphatic rings. The van der Waals surface area contributed by atoms with Crippen LogP contribution in [0.5, 0.6) is 0 Å². The fourth-order valence-electron chi connectivity index (χ4n) is 1.84. The maximum atomic E-state index is 11.9. The molecule has 0 aliphatic heterocycles. The predicted molar refractivity (Wildman–Crippen MR) is 79.5 cm³/mol. The number of aliphatic hydroxyl groups is 1. The molecule has 19 heavy (non-hydrogen) atoms. The number of hydrogen-bond donors (Lipinski definition) is 2. The third kappa shape index (κ3) is 4.59. The minimum absolute atomic E-state index is 0.181. The second kappa shape index (κ2) is 6.49.